The molecule has 1 aromatic rings. The maximum absolute atomic E-state index is 5.30. The van der Waals surface area contributed by atoms with Crippen LogP contribution in [0.25, 0.3) is 0 Å². The van der Waals surface area contributed by atoms with Crippen molar-refractivity contribution in [1.82, 2.24) is 10.2 Å². The van der Waals surface area contributed by atoms with E-state index in [1.165, 1.54) is 12.0 Å². The van der Waals surface area contributed by atoms with Gasteiger partial charge in [0.2, 0.25) is 0 Å². The van der Waals surface area contributed by atoms with Gasteiger partial charge in [-0.05, 0) is 42.4 Å². The van der Waals surface area contributed by atoms with Crippen LogP contribution < -0.4 is 10.1 Å². The Kier molecular flexibility index (Phi) is 3.81. The summed E-state index contributed by atoms with van der Waals surface area (Å²) in [6.45, 7) is 3.08. The van der Waals surface area contributed by atoms with E-state index >= 15 is 0 Å². The minimum Gasteiger partial charge on any atom is -0.497 e. The number of methoxy groups -OCH3 is 1. The Hall–Kier alpha value is -1.71. The molecule has 0 radical (unpaired) electrons. The zero-order valence-corrected chi connectivity index (χ0v) is 12.3. The van der Waals surface area contributed by atoms with Gasteiger partial charge in [-0.2, -0.15) is 0 Å². The molecule has 1 fully saturated rings. The molecular formula is C16H23N3O. The zero-order chi connectivity index (χ0) is 13.9. The molecule has 0 amide bonds. The first kappa shape index (κ1) is 13.3. The van der Waals surface area contributed by atoms with Crippen molar-refractivity contribution in [1.29, 1.82) is 0 Å². The van der Waals surface area contributed by atoms with E-state index < -0.39 is 0 Å². The average molecular weight is 273 g/mol. The molecule has 108 valence electrons. The molecule has 0 spiro atoms. The molecule has 0 saturated heterocycles. The third kappa shape index (κ3) is 2.89. The minimum absolute atomic E-state index is 0.673. The van der Waals surface area contributed by atoms with Gasteiger partial charge in [0.15, 0.2) is 5.96 Å². The lowest BCUT2D eigenvalue weighted by atomic mass is 10.1. The Morgan fingerprint density at radius 2 is 2.35 bits per heavy atom. The lowest BCUT2D eigenvalue weighted by molar-refractivity contribution is 0.414. The second-order valence-electron chi connectivity index (χ2n) is 5.74. The molecule has 1 heterocycles. The summed E-state index contributed by atoms with van der Waals surface area (Å²) in [5.41, 5.74) is 1.40. The normalized spacial score (nSPS) is 25.1. The Balaban J connectivity index is 1.53. The third-order valence-corrected chi connectivity index (χ3v) is 4.24. The van der Waals surface area contributed by atoms with Crippen molar-refractivity contribution in [3.8, 4) is 5.75 Å². The van der Waals surface area contributed by atoms with Gasteiger partial charge in [0, 0.05) is 26.7 Å². The topological polar surface area (TPSA) is 36.9 Å². The molecule has 1 N–H and O–H groups in total. The highest BCUT2D eigenvalue weighted by molar-refractivity contribution is 5.80. The number of aliphatic imine (C=N–C) groups is 1. The van der Waals surface area contributed by atoms with E-state index in [4.69, 9.17) is 4.74 Å². The highest BCUT2D eigenvalue weighted by atomic mass is 16.5. The monoisotopic (exact) mass is 273 g/mol. The summed E-state index contributed by atoms with van der Waals surface area (Å²) in [5.74, 6) is 3.41. The number of rotatable bonds is 4. The highest BCUT2D eigenvalue weighted by Gasteiger charge is 2.38. The van der Waals surface area contributed by atoms with Gasteiger partial charge in [-0.1, -0.05) is 12.1 Å². The Morgan fingerprint density at radius 3 is 3.15 bits per heavy atom. The zero-order valence-electron chi connectivity index (χ0n) is 12.3. The van der Waals surface area contributed by atoms with Crippen molar-refractivity contribution in [3.05, 3.63) is 29.8 Å². The van der Waals surface area contributed by atoms with Crippen LogP contribution >= 0.6 is 0 Å². The molecule has 2 aliphatic rings. The van der Waals surface area contributed by atoms with E-state index in [2.05, 4.69) is 40.5 Å². The first-order valence-corrected chi connectivity index (χ1v) is 7.41. The fourth-order valence-corrected chi connectivity index (χ4v) is 2.89. The maximum Gasteiger partial charge on any atom is 0.193 e. The van der Waals surface area contributed by atoms with Gasteiger partial charge in [0.05, 0.1) is 7.11 Å². The van der Waals surface area contributed by atoms with Crippen molar-refractivity contribution in [2.24, 2.45) is 10.9 Å². The quantitative estimate of drug-likeness (QED) is 0.912. The number of hydrogen-bond donors (Lipinski definition) is 1. The predicted molar refractivity (Wildman–Crippen MR) is 81.4 cm³/mol. The summed E-state index contributed by atoms with van der Waals surface area (Å²) in [4.78, 5) is 6.76. The average Bonchev–Trinajstić information content (AvgIpc) is 3.26. The van der Waals surface area contributed by atoms with Gasteiger partial charge < -0.3 is 15.0 Å². The Labute approximate surface area is 120 Å². The summed E-state index contributed by atoms with van der Waals surface area (Å²) in [7, 11) is 3.83. The summed E-state index contributed by atoms with van der Waals surface area (Å²) >= 11 is 0. The molecule has 0 aromatic heterocycles. The van der Waals surface area contributed by atoms with Crippen LogP contribution in [0.4, 0.5) is 0 Å². The first-order chi connectivity index (χ1) is 9.78. The largest absolute Gasteiger partial charge is 0.497 e. The van der Waals surface area contributed by atoms with Crippen LogP contribution in [-0.4, -0.2) is 44.7 Å². The molecule has 4 nitrogen and oxygen atoms in total. The van der Waals surface area contributed by atoms with E-state index in [9.17, 15) is 0 Å². The third-order valence-electron chi connectivity index (χ3n) is 4.24. The summed E-state index contributed by atoms with van der Waals surface area (Å²) in [6, 6.07) is 8.45. The van der Waals surface area contributed by atoms with E-state index in [1.54, 1.807) is 7.11 Å². The molecule has 2 atom stereocenters. The lowest BCUT2D eigenvalue weighted by Crippen LogP contribution is -2.42. The Bertz CT molecular complexity index is 500. The molecule has 20 heavy (non-hydrogen) atoms. The molecular weight excluding hydrogens is 250 g/mol. The first-order valence-electron chi connectivity index (χ1n) is 7.41. The van der Waals surface area contributed by atoms with Crippen molar-refractivity contribution in [3.63, 3.8) is 0 Å². The number of hydrogen-bond acceptors (Lipinski definition) is 4. The fraction of sp³-hybridized carbons (Fsp3) is 0.562. The molecule has 4 heteroatoms. The minimum atomic E-state index is 0.673. The van der Waals surface area contributed by atoms with Crippen LogP contribution in [0.1, 0.15) is 24.3 Å². The van der Waals surface area contributed by atoms with Gasteiger partial charge >= 0.3 is 0 Å². The SMILES string of the molecule is COc1cccc([C@@H]2C[C@H]2CNC2=NCCCN2C)c1. The van der Waals surface area contributed by atoms with Gasteiger partial charge in [-0.15, -0.1) is 0 Å². The molecule has 1 aliphatic heterocycles. The van der Waals surface area contributed by atoms with Crippen LogP contribution in [0.5, 0.6) is 5.75 Å². The fourth-order valence-electron chi connectivity index (χ4n) is 2.89. The second kappa shape index (κ2) is 5.73. The van der Waals surface area contributed by atoms with Crippen molar-refractivity contribution in [2.45, 2.75) is 18.8 Å². The second-order valence-corrected chi connectivity index (χ2v) is 5.74. The van der Waals surface area contributed by atoms with Gasteiger partial charge in [-0.25, -0.2) is 0 Å². The van der Waals surface area contributed by atoms with Gasteiger partial charge in [0.25, 0.3) is 0 Å². The number of benzene rings is 1. The van der Waals surface area contributed by atoms with Crippen molar-refractivity contribution >= 4 is 5.96 Å². The molecule has 1 aliphatic carbocycles. The van der Waals surface area contributed by atoms with Crippen LogP contribution in [-0.2, 0) is 0 Å². The smallest absolute Gasteiger partial charge is 0.193 e. The van der Waals surface area contributed by atoms with E-state index in [0.717, 1.165) is 43.7 Å². The molecule has 0 bridgehead atoms. The lowest BCUT2D eigenvalue weighted by Gasteiger charge is -2.25. The number of guanidine groups is 1. The van der Waals surface area contributed by atoms with Crippen molar-refractivity contribution < 1.29 is 4.74 Å². The van der Waals surface area contributed by atoms with Crippen LogP contribution in [0.3, 0.4) is 0 Å². The molecule has 1 saturated carbocycles. The number of nitrogens with one attached hydrogen (secondary N) is 1. The van der Waals surface area contributed by atoms with Crippen LogP contribution in [0, 0.1) is 5.92 Å². The van der Waals surface area contributed by atoms with Crippen LogP contribution in [0.15, 0.2) is 29.3 Å². The molecule has 3 rings (SSSR count). The molecule has 0 unspecified atom stereocenters. The van der Waals surface area contributed by atoms with E-state index in [-0.39, 0.29) is 0 Å². The predicted octanol–water partition coefficient (Wildman–Crippen LogP) is 2.08. The number of ether oxygens (including phenoxy) is 1. The Morgan fingerprint density at radius 1 is 1.45 bits per heavy atom. The standard InChI is InChI=1S/C16H23N3O/c1-19-8-4-7-17-16(19)18-11-13-10-15(13)12-5-3-6-14(9-12)20-2/h3,5-6,9,13,15H,4,7-8,10-11H2,1-2H3,(H,17,18)/t13-,15-/m0/s1. The maximum atomic E-state index is 5.30. The van der Waals surface area contributed by atoms with Crippen molar-refractivity contribution in [2.75, 3.05) is 33.8 Å². The molecule has 1 aromatic carbocycles. The van der Waals surface area contributed by atoms with E-state index in [1.807, 2.05) is 6.07 Å². The summed E-state index contributed by atoms with van der Waals surface area (Å²) < 4.78 is 5.30. The van der Waals surface area contributed by atoms with E-state index in [0.29, 0.717) is 5.92 Å². The number of nitrogens with zero attached hydrogens (tertiary/aromatic N) is 2. The van der Waals surface area contributed by atoms with Gasteiger partial charge in [0.1, 0.15) is 5.75 Å². The highest BCUT2D eigenvalue weighted by Crippen LogP contribution is 2.47. The van der Waals surface area contributed by atoms with Gasteiger partial charge in [-0.3, -0.25) is 4.99 Å². The van der Waals surface area contributed by atoms with Crippen LogP contribution in [0.2, 0.25) is 0 Å². The summed E-state index contributed by atoms with van der Waals surface area (Å²) in [5, 5.41) is 3.51. The summed E-state index contributed by atoms with van der Waals surface area (Å²) in [6.07, 6.45) is 2.43.